The first kappa shape index (κ1) is 14.2. The molecule has 0 radical (unpaired) electrons. The molecule has 0 fully saturated rings. The summed E-state index contributed by atoms with van der Waals surface area (Å²) < 4.78 is 37.9. The van der Waals surface area contributed by atoms with Gasteiger partial charge in [-0.05, 0) is 0 Å². The second kappa shape index (κ2) is 5.34. The number of halogens is 2. The van der Waals surface area contributed by atoms with Gasteiger partial charge in [0, 0.05) is 0 Å². The van der Waals surface area contributed by atoms with E-state index in [9.17, 15) is 8.78 Å². The summed E-state index contributed by atoms with van der Waals surface area (Å²) in [6, 6.07) is 0. The molecule has 0 atom stereocenters. The third-order valence-corrected chi connectivity index (χ3v) is 5.64. The molecule has 0 saturated carbocycles. The molecule has 0 aliphatic carbocycles. The third kappa shape index (κ3) is 2.85. The molecule has 0 aliphatic heterocycles. The van der Waals surface area contributed by atoms with Gasteiger partial charge in [0.1, 0.15) is 0 Å². The summed E-state index contributed by atoms with van der Waals surface area (Å²) in [5.41, 5.74) is -2.85. The van der Waals surface area contributed by atoms with E-state index in [0.29, 0.717) is 0 Å². The van der Waals surface area contributed by atoms with Gasteiger partial charge in [0.2, 0.25) is 0 Å². The molecule has 5 heteroatoms. The minimum absolute atomic E-state index is 0.269. The predicted molar refractivity (Wildman–Crippen MR) is 57.3 cm³/mol. The van der Waals surface area contributed by atoms with Crippen molar-refractivity contribution in [3.05, 3.63) is 0 Å². The van der Waals surface area contributed by atoms with Gasteiger partial charge < -0.3 is 0 Å². The Morgan fingerprint density at radius 1 is 1.14 bits per heavy atom. The molecule has 0 saturated heterocycles. The van der Waals surface area contributed by atoms with Crippen molar-refractivity contribution in [2.75, 3.05) is 19.9 Å². The molecule has 0 amide bonds. The summed E-state index contributed by atoms with van der Waals surface area (Å²) in [4.78, 5) is 0. The molecule has 0 heterocycles. The molecule has 0 aromatic heterocycles. The van der Waals surface area contributed by atoms with Crippen molar-refractivity contribution in [1.29, 1.82) is 0 Å². The van der Waals surface area contributed by atoms with Crippen molar-refractivity contribution in [3.63, 3.8) is 0 Å². The van der Waals surface area contributed by atoms with Crippen LogP contribution in [0, 0.1) is 5.92 Å². The first-order valence-corrected chi connectivity index (χ1v) is 7.29. The molecule has 0 unspecified atom stereocenters. The van der Waals surface area contributed by atoms with Gasteiger partial charge in [0.05, 0.1) is 0 Å². The van der Waals surface area contributed by atoms with Crippen molar-refractivity contribution in [2.45, 2.75) is 33.4 Å². The van der Waals surface area contributed by atoms with E-state index >= 15 is 0 Å². The third-order valence-electron chi connectivity index (χ3n) is 2.17. The fourth-order valence-electron chi connectivity index (χ4n) is 1.31. The number of hydrogen-bond donors (Lipinski definition) is 0. The van der Waals surface area contributed by atoms with E-state index in [1.807, 2.05) is 0 Å². The summed E-state index contributed by atoms with van der Waals surface area (Å²) in [6.45, 7) is 8.37. The Kier molecular flexibility index (Phi) is 5.42. The van der Waals surface area contributed by atoms with Crippen LogP contribution in [0.1, 0.15) is 27.7 Å². The van der Waals surface area contributed by atoms with Crippen LogP contribution in [-0.4, -0.2) is 25.5 Å². The molecule has 0 spiro atoms. The molecule has 0 aromatic carbocycles. The van der Waals surface area contributed by atoms with Gasteiger partial charge in [-0.15, -0.1) is 0 Å². The van der Waals surface area contributed by atoms with E-state index < -0.39 is 19.3 Å². The van der Waals surface area contributed by atoms with Gasteiger partial charge >= 0.3 is 84.7 Å². The Labute approximate surface area is 85.5 Å². The Balaban J connectivity index is 4.78. The van der Waals surface area contributed by atoms with Crippen LogP contribution in [0.5, 0.6) is 0 Å². The second-order valence-electron chi connectivity index (χ2n) is 3.59. The first-order chi connectivity index (χ1) is 6.31. The zero-order valence-corrected chi connectivity index (χ0v) is 10.6. The maximum atomic E-state index is 13.8. The summed E-state index contributed by atoms with van der Waals surface area (Å²) in [6.07, 6.45) is 0. The molecular formula is C9H21F2O2P. The van der Waals surface area contributed by atoms with E-state index in [1.165, 1.54) is 20.5 Å². The zero-order valence-electron chi connectivity index (χ0n) is 9.56. The molecule has 0 aliphatic rings. The van der Waals surface area contributed by atoms with Crippen LogP contribution < -0.4 is 0 Å². The monoisotopic (exact) mass is 230 g/mol. The van der Waals surface area contributed by atoms with Crippen molar-refractivity contribution in [3.8, 4) is 0 Å². The van der Waals surface area contributed by atoms with Gasteiger partial charge in [-0.3, -0.25) is 0 Å². The summed E-state index contributed by atoms with van der Waals surface area (Å²) in [5.74, 6) is -0.753. The fraction of sp³-hybridized carbons (Fsp3) is 1.00. The molecular weight excluding hydrogens is 209 g/mol. The zero-order chi connectivity index (χ0) is 11.4. The van der Waals surface area contributed by atoms with Gasteiger partial charge in [-0.2, -0.15) is 0 Å². The van der Waals surface area contributed by atoms with Crippen molar-refractivity contribution >= 4 is 7.72 Å². The standard InChI is InChI=1S/C9H21F2O2P/c1-6-12-14(5,13-7-2)9(10,11)8(3)4/h8,14H,6-7H2,1-5H3. The van der Waals surface area contributed by atoms with Gasteiger partial charge in [-0.1, -0.05) is 0 Å². The molecule has 14 heavy (non-hydrogen) atoms. The second-order valence-corrected chi connectivity index (χ2v) is 6.72. The van der Waals surface area contributed by atoms with Crippen LogP contribution in [0.25, 0.3) is 0 Å². The van der Waals surface area contributed by atoms with Gasteiger partial charge in [0.25, 0.3) is 0 Å². The van der Waals surface area contributed by atoms with Crippen LogP contribution in [-0.2, 0) is 9.05 Å². The van der Waals surface area contributed by atoms with Crippen molar-refractivity contribution in [2.24, 2.45) is 5.92 Å². The first-order valence-electron chi connectivity index (χ1n) is 4.97. The average Bonchev–Trinajstić information content (AvgIpc) is 2.04. The molecule has 0 aromatic rings. The summed E-state index contributed by atoms with van der Waals surface area (Å²) >= 11 is 0. The fourth-order valence-corrected chi connectivity index (χ4v) is 3.93. The topological polar surface area (TPSA) is 18.5 Å². The van der Waals surface area contributed by atoms with Crippen LogP contribution in [0.2, 0.25) is 0 Å². The predicted octanol–water partition coefficient (Wildman–Crippen LogP) is 3.52. The molecule has 2 nitrogen and oxygen atoms in total. The van der Waals surface area contributed by atoms with Gasteiger partial charge in [0.15, 0.2) is 0 Å². The quantitative estimate of drug-likeness (QED) is 0.650. The Morgan fingerprint density at radius 3 is 1.71 bits per heavy atom. The molecule has 88 valence electrons. The number of rotatable bonds is 6. The average molecular weight is 230 g/mol. The Morgan fingerprint density at radius 2 is 1.50 bits per heavy atom. The summed E-state index contributed by atoms with van der Waals surface area (Å²) in [5, 5.41) is 0. The van der Waals surface area contributed by atoms with Crippen LogP contribution in [0.4, 0.5) is 8.78 Å². The van der Waals surface area contributed by atoms with Crippen molar-refractivity contribution in [1.82, 2.24) is 0 Å². The van der Waals surface area contributed by atoms with E-state index in [2.05, 4.69) is 0 Å². The van der Waals surface area contributed by atoms with Gasteiger partial charge in [-0.25, -0.2) is 0 Å². The molecule has 0 rings (SSSR count). The Bertz CT molecular complexity index is 168. The summed E-state index contributed by atoms with van der Waals surface area (Å²) in [7, 11) is -3.37. The van der Waals surface area contributed by atoms with E-state index in [-0.39, 0.29) is 13.2 Å². The van der Waals surface area contributed by atoms with Crippen LogP contribution in [0.15, 0.2) is 0 Å². The van der Waals surface area contributed by atoms with Crippen LogP contribution in [0.3, 0.4) is 0 Å². The maximum absolute atomic E-state index is 13.8. The molecule has 0 bridgehead atoms. The van der Waals surface area contributed by atoms with Crippen LogP contribution >= 0.6 is 7.72 Å². The SMILES string of the molecule is CCO[PH](C)(OCC)C(F)(F)C(C)C. The number of alkyl halides is 2. The Hall–Kier alpha value is 0.210. The van der Waals surface area contributed by atoms with E-state index in [4.69, 9.17) is 9.05 Å². The normalized spacial score (nSPS) is 14.9. The van der Waals surface area contributed by atoms with Crippen molar-refractivity contribution < 1.29 is 17.8 Å². The molecule has 0 N–H and O–H groups in total. The minimum atomic E-state index is -3.37. The number of hydrogen-bond acceptors (Lipinski definition) is 2. The van der Waals surface area contributed by atoms with E-state index in [0.717, 1.165) is 0 Å². The van der Waals surface area contributed by atoms with E-state index in [1.54, 1.807) is 13.8 Å².